The Morgan fingerprint density at radius 2 is 1.61 bits per heavy atom. The van der Waals surface area contributed by atoms with Crippen LogP contribution >= 0.6 is 23.2 Å². The molecular formula is C33H39Cl2N3O5S. The lowest BCUT2D eigenvalue weighted by Crippen LogP contribution is -2.54. The van der Waals surface area contributed by atoms with Gasteiger partial charge in [0.1, 0.15) is 18.3 Å². The van der Waals surface area contributed by atoms with Gasteiger partial charge in [-0.3, -0.25) is 13.9 Å². The highest BCUT2D eigenvalue weighted by atomic mass is 35.5. The monoisotopic (exact) mass is 659 g/mol. The smallest absolute Gasteiger partial charge is 0.264 e. The van der Waals surface area contributed by atoms with Crippen LogP contribution in [0, 0.1) is 6.92 Å². The van der Waals surface area contributed by atoms with Gasteiger partial charge in [0.2, 0.25) is 11.8 Å². The second-order valence-corrected chi connectivity index (χ2v) is 13.7. The Labute approximate surface area is 270 Å². The average Bonchev–Trinajstić information content (AvgIpc) is 3.01. The number of hydrogen-bond donors (Lipinski definition) is 1. The molecule has 4 rings (SSSR count). The van der Waals surface area contributed by atoms with Gasteiger partial charge in [-0.05, 0) is 62.6 Å². The summed E-state index contributed by atoms with van der Waals surface area (Å²) in [5.41, 5.74) is 1.61. The van der Waals surface area contributed by atoms with E-state index in [1.54, 1.807) is 54.6 Å². The number of hydrogen-bond acceptors (Lipinski definition) is 5. The van der Waals surface area contributed by atoms with Gasteiger partial charge < -0.3 is 15.0 Å². The van der Waals surface area contributed by atoms with Crippen molar-refractivity contribution in [1.29, 1.82) is 0 Å². The van der Waals surface area contributed by atoms with Crippen molar-refractivity contribution in [3.05, 3.63) is 87.9 Å². The first kappa shape index (κ1) is 33.6. The number of nitrogens with one attached hydrogen (secondary N) is 1. The zero-order valence-electron chi connectivity index (χ0n) is 25.3. The van der Waals surface area contributed by atoms with E-state index in [1.165, 1.54) is 24.1 Å². The summed E-state index contributed by atoms with van der Waals surface area (Å²) < 4.78 is 34.6. The first-order valence-corrected chi connectivity index (χ1v) is 17.0. The molecule has 0 aromatic heterocycles. The molecule has 11 heteroatoms. The van der Waals surface area contributed by atoms with Crippen molar-refractivity contribution in [2.24, 2.45) is 0 Å². The molecular weight excluding hydrogens is 621 g/mol. The first-order chi connectivity index (χ1) is 21.0. The van der Waals surface area contributed by atoms with E-state index in [4.69, 9.17) is 27.9 Å². The molecule has 0 spiro atoms. The lowest BCUT2D eigenvalue weighted by Gasteiger charge is -2.34. The van der Waals surface area contributed by atoms with Crippen LogP contribution in [0.15, 0.2) is 71.6 Å². The summed E-state index contributed by atoms with van der Waals surface area (Å²) in [5, 5.41) is 3.82. The Kier molecular flexibility index (Phi) is 11.6. The van der Waals surface area contributed by atoms with E-state index in [-0.39, 0.29) is 29.1 Å². The molecule has 1 aliphatic rings. The number of anilines is 1. The highest BCUT2D eigenvalue weighted by Gasteiger charge is 2.35. The molecule has 1 N–H and O–H groups in total. The molecule has 3 aromatic rings. The number of carbonyl (C=O) groups is 2. The number of halogens is 2. The molecule has 0 heterocycles. The van der Waals surface area contributed by atoms with Crippen molar-refractivity contribution in [2.75, 3.05) is 18.0 Å². The van der Waals surface area contributed by atoms with E-state index >= 15 is 0 Å². The minimum atomic E-state index is -4.21. The molecule has 2 amide bonds. The van der Waals surface area contributed by atoms with Crippen molar-refractivity contribution >= 4 is 50.7 Å². The molecule has 0 saturated heterocycles. The highest BCUT2D eigenvalue weighted by Crippen LogP contribution is 2.30. The van der Waals surface area contributed by atoms with Gasteiger partial charge in [-0.15, -0.1) is 0 Å². The fraction of sp³-hybridized carbons (Fsp3) is 0.394. The van der Waals surface area contributed by atoms with Crippen molar-refractivity contribution in [3.63, 3.8) is 0 Å². The number of benzene rings is 3. The largest absolute Gasteiger partial charge is 0.497 e. The molecule has 1 atom stereocenters. The fourth-order valence-corrected chi connectivity index (χ4v) is 7.37. The lowest BCUT2D eigenvalue weighted by atomic mass is 9.95. The van der Waals surface area contributed by atoms with Crippen molar-refractivity contribution in [3.8, 4) is 5.75 Å². The number of rotatable bonds is 12. The third-order valence-electron chi connectivity index (χ3n) is 7.96. The molecule has 1 saturated carbocycles. The summed E-state index contributed by atoms with van der Waals surface area (Å²) in [6, 6.07) is 17.1. The predicted octanol–water partition coefficient (Wildman–Crippen LogP) is 6.76. The number of ether oxygens (including phenoxy) is 1. The number of nitrogens with zero attached hydrogens (tertiary/aromatic N) is 2. The topological polar surface area (TPSA) is 96.0 Å². The molecule has 0 radical (unpaired) electrons. The summed E-state index contributed by atoms with van der Waals surface area (Å²) >= 11 is 13.0. The number of amides is 2. The summed E-state index contributed by atoms with van der Waals surface area (Å²) in [6.07, 6.45) is 5.26. The van der Waals surface area contributed by atoms with Crippen LogP contribution in [0.5, 0.6) is 5.75 Å². The van der Waals surface area contributed by atoms with Crippen LogP contribution < -0.4 is 14.4 Å². The van der Waals surface area contributed by atoms with Gasteiger partial charge in [-0.2, -0.15) is 0 Å². The molecule has 236 valence electrons. The van der Waals surface area contributed by atoms with Crippen LogP contribution in [0.4, 0.5) is 5.69 Å². The average molecular weight is 661 g/mol. The van der Waals surface area contributed by atoms with E-state index in [9.17, 15) is 18.0 Å². The summed E-state index contributed by atoms with van der Waals surface area (Å²) in [5.74, 6) is -0.438. The summed E-state index contributed by atoms with van der Waals surface area (Å²) in [7, 11) is -2.73. The standard InChI is InChI=1S/C33H39Cl2N3O5S/c1-4-31(33(40)36-24-10-6-5-7-11-24)37(21-28-29(34)14-9-15-30(28)35)32(39)22-38(25-12-8-13-26(20-25)43-3)44(41,42)27-18-16-23(2)17-19-27/h8-9,12-20,24,31H,4-7,10-11,21-22H2,1-3H3,(H,36,40)/t31-/m1/s1. The number of sulfonamides is 1. The molecule has 0 unspecified atom stereocenters. The molecule has 0 bridgehead atoms. The van der Waals surface area contributed by atoms with Crippen LogP contribution in [0.25, 0.3) is 0 Å². The van der Waals surface area contributed by atoms with Crippen LogP contribution in [-0.4, -0.2) is 50.9 Å². The third-order valence-corrected chi connectivity index (χ3v) is 10.5. The minimum Gasteiger partial charge on any atom is -0.497 e. The Morgan fingerprint density at radius 3 is 2.23 bits per heavy atom. The maximum absolute atomic E-state index is 14.4. The Morgan fingerprint density at radius 1 is 0.977 bits per heavy atom. The first-order valence-electron chi connectivity index (χ1n) is 14.8. The summed E-state index contributed by atoms with van der Waals surface area (Å²) in [4.78, 5) is 29.5. The highest BCUT2D eigenvalue weighted by molar-refractivity contribution is 7.92. The summed E-state index contributed by atoms with van der Waals surface area (Å²) in [6.45, 7) is 3.03. The maximum Gasteiger partial charge on any atom is 0.264 e. The Bertz CT molecular complexity index is 1540. The third kappa shape index (κ3) is 8.06. The van der Waals surface area contributed by atoms with Crippen LogP contribution in [0.2, 0.25) is 10.0 Å². The molecule has 1 fully saturated rings. The van der Waals surface area contributed by atoms with Gasteiger partial charge in [0.05, 0.1) is 17.7 Å². The van der Waals surface area contributed by atoms with Crippen molar-refractivity contribution in [2.45, 2.75) is 75.9 Å². The fourth-order valence-electron chi connectivity index (χ4n) is 5.45. The molecule has 3 aromatic carbocycles. The van der Waals surface area contributed by atoms with Crippen LogP contribution in [0.3, 0.4) is 0 Å². The van der Waals surface area contributed by atoms with E-state index in [0.29, 0.717) is 27.8 Å². The van der Waals surface area contributed by atoms with Crippen molar-refractivity contribution < 1.29 is 22.7 Å². The van der Waals surface area contributed by atoms with Gasteiger partial charge in [0, 0.05) is 34.3 Å². The molecule has 1 aliphatic carbocycles. The zero-order valence-corrected chi connectivity index (χ0v) is 27.6. The molecule has 44 heavy (non-hydrogen) atoms. The second kappa shape index (κ2) is 15.1. The van der Waals surface area contributed by atoms with Gasteiger partial charge in [-0.1, -0.05) is 79.2 Å². The van der Waals surface area contributed by atoms with E-state index in [1.807, 2.05) is 13.8 Å². The van der Waals surface area contributed by atoms with Crippen LogP contribution in [-0.2, 0) is 26.2 Å². The predicted molar refractivity (Wildman–Crippen MR) is 175 cm³/mol. The van der Waals surface area contributed by atoms with E-state index in [2.05, 4.69) is 5.32 Å². The van der Waals surface area contributed by atoms with Gasteiger partial charge in [0.15, 0.2) is 0 Å². The lowest BCUT2D eigenvalue weighted by molar-refractivity contribution is -0.140. The SMILES string of the molecule is CC[C@H](C(=O)NC1CCCCC1)N(Cc1c(Cl)cccc1Cl)C(=O)CN(c1cccc(OC)c1)S(=O)(=O)c1ccc(C)cc1. The zero-order chi connectivity index (χ0) is 31.9. The van der Waals surface area contributed by atoms with Gasteiger partial charge >= 0.3 is 0 Å². The Balaban J connectivity index is 1.75. The Hall–Kier alpha value is -3.27. The number of carbonyl (C=O) groups excluding carboxylic acids is 2. The van der Waals surface area contributed by atoms with E-state index in [0.717, 1.165) is 42.0 Å². The van der Waals surface area contributed by atoms with Gasteiger partial charge in [0.25, 0.3) is 10.0 Å². The quantitative estimate of drug-likeness (QED) is 0.232. The minimum absolute atomic E-state index is 0.0290. The maximum atomic E-state index is 14.4. The van der Waals surface area contributed by atoms with E-state index < -0.39 is 28.5 Å². The number of methoxy groups -OCH3 is 1. The number of aryl methyl sites for hydroxylation is 1. The van der Waals surface area contributed by atoms with Crippen molar-refractivity contribution in [1.82, 2.24) is 10.2 Å². The van der Waals surface area contributed by atoms with Gasteiger partial charge in [-0.25, -0.2) is 8.42 Å². The normalized spacial score (nSPS) is 14.5. The molecule has 0 aliphatic heterocycles. The molecule has 8 nitrogen and oxygen atoms in total. The van der Waals surface area contributed by atoms with Crippen LogP contribution in [0.1, 0.15) is 56.6 Å². The second-order valence-electron chi connectivity index (χ2n) is 11.0.